The van der Waals surface area contributed by atoms with Crippen molar-refractivity contribution >= 4 is 28.8 Å². The molecule has 26 heavy (non-hydrogen) atoms. The van der Waals surface area contributed by atoms with E-state index in [9.17, 15) is 9.59 Å². The summed E-state index contributed by atoms with van der Waals surface area (Å²) in [6.45, 7) is 1.30. The Labute approximate surface area is 155 Å². The molecule has 2 aromatic rings. The van der Waals surface area contributed by atoms with Crippen molar-refractivity contribution in [1.82, 2.24) is 10.2 Å². The highest BCUT2D eigenvalue weighted by molar-refractivity contribution is 7.10. The zero-order valence-corrected chi connectivity index (χ0v) is 15.5. The van der Waals surface area contributed by atoms with Gasteiger partial charge in [-0.1, -0.05) is 6.07 Å². The van der Waals surface area contributed by atoms with Crippen LogP contribution in [0.25, 0.3) is 0 Å². The van der Waals surface area contributed by atoms with Crippen molar-refractivity contribution < 1.29 is 19.1 Å². The van der Waals surface area contributed by atoms with Gasteiger partial charge in [0.25, 0.3) is 0 Å². The normalized spacial score (nSPS) is 14.0. The third-order valence-corrected chi connectivity index (χ3v) is 4.93. The van der Waals surface area contributed by atoms with Crippen LogP contribution in [0.4, 0.5) is 5.69 Å². The van der Waals surface area contributed by atoms with Gasteiger partial charge in [-0.25, -0.2) is 0 Å². The summed E-state index contributed by atoms with van der Waals surface area (Å²) in [5.41, 5.74) is 0.483. The second kappa shape index (κ2) is 8.20. The second-order valence-corrected chi connectivity index (χ2v) is 7.00. The van der Waals surface area contributed by atoms with Crippen LogP contribution in [0, 0.1) is 0 Å². The number of amides is 2. The van der Waals surface area contributed by atoms with Gasteiger partial charge in [0.1, 0.15) is 13.2 Å². The highest BCUT2D eigenvalue weighted by Crippen LogP contribution is 2.32. The fourth-order valence-electron chi connectivity index (χ4n) is 2.60. The molecule has 1 atom stereocenters. The van der Waals surface area contributed by atoms with E-state index in [1.807, 2.05) is 36.5 Å². The Hall–Kier alpha value is -2.58. The first kappa shape index (κ1) is 18.2. The standard InChI is InChI=1S/C18H21N3O4S/c1-21(2)13(16-4-3-9-26-16)11-19-17(22)18(23)20-12-5-6-14-15(10-12)25-8-7-24-14/h3-6,9-10,13H,7-8,11H2,1-2H3,(H,19,22)(H,20,23). The lowest BCUT2D eigenvalue weighted by Gasteiger charge is -2.23. The maximum Gasteiger partial charge on any atom is 0.313 e. The molecule has 0 spiro atoms. The second-order valence-electron chi connectivity index (χ2n) is 6.02. The number of benzene rings is 1. The van der Waals surface area contributed by atoms with E-state index in [2.05, 4.69) is 10.6 Å². The minimum atomic E-state index is -0.717. The first-order valence-corrected chi connectivity index (χ1v) is 9.11. The summed E-state index contributed by atoms with van der Waals surface area (Å²) >= 11 is 1.62. The Morgan fingerprint density at radius 1 is 1.15 bits per heavy atom. The van der Waals surface area contributed by atoms with Crippen molar-refractivity contribution in [1.29, 1.82) is 0 Å². The number of hydrogen-bond acceptors (Lipinski definition) is 6. The molecule has 2 amide bonds. The lowest BCUT2D eigenvalue weighted by molar-refractivity contribution is -0.136. The van der Waals surface area contributed by atoms with E-state index in [4.69, 9.17) is 9.47 Å². The molecule has 3 rings (SSSR count). The number of thiophene rings is 1. The predicted octanol–water partition coefficient (Wildman–Crippen LogP) is 1.88. The fraction of sp³-hybridized carbons (Fsp3) is 0.333. The molecule has 0 saturated carbocycles. The number of hydrogen-bond donors (Lipinski definition) is 2. The van der Waals surface area contributed by atoms with Gasteiger partial charge in [0.15, 0.2) is 11.5 Å². The number of rotatable bonds is 5. The van der Waals surface area contributed by atoms with Gasteiger partial charge in [-0.2, -0.15) is 0 Å². The number of carbonyl (C=O) groups is 2. The summed E-state index contributed by atoms with van der Waals surface area (Å²) in [6.07, 6.45) is 0. The average Bonchev–Trinajstić information content (AvgIpc) is 3.15. The van der Waals surface area contributed by atoms with Gasteiger partial charge in [-0.15, -0.1) is 11.3 Å². The summed E-state index contributed by atoms with van der Waals surface area (Å²) < 4.78 is 10.9. The summed E-state index contributed by atoms with van der Waals surface area (Å²) in [4.78, 5) is 27.4. The molecule has 1 aromatic carbocycles. The predicted molar refractivity (Wildman–Crippen MR) is 99.8 cm³/mol. The Bertz CT molecular complexity index is 777. The first-order chi connectivity index (χ1) is 12.5. The first-order valence-electron chi connectivity index (χ1n) is 8.23. The molecule has 1 aliphatic rings. The van der Waals surface area contributed by atoms with E-state index in [1.54, 1.807) is 29.5 Å². The molecule has 1 aliphatic heterocycles. The van der Waals surface area contributed by atoms with E-state index in [0.29, 0.717) is 36.9 Å². The molecule has 0 fully saturated rings. The Balaban J connectivity index is 1.57. The number of anilines is 1. The van der Waals surface area contributed by atoms with E-state index in [0.717, 1.165) is 4.88 Å². The largest absolute Gasteiger partial charge is 0.486 e. The highest BCUT2D eigenvalue weighted by Gasteiger charge is 2.20. The molecule has 138 valence electrons. The molecule has 2 N–H and O–H groups in total. The number of carbonyl (C=O) groups excluding carboxylic acids is 2. The third-order valence-electron chi connectivity index (χ3n) is 3.96. The van der Waals surface area contributed by atoms with Crippen LogP contribution in [-0.2, 0) is 9.59 Å². The Morgan fingerprint density at radius 2 is 1.92 bits per heavy atom. The molecule has 8 heteroatoms. The number of nitrogens with one attached hydrogen (secondary N) is 2. The minimum absolute atomic E-state index is 0.0149. The lowest BCUT2D eigenvalue weighted by atomic mass is 10.2. The van der Waals surface area contributed by atoms with Gasteiger partial charge in [0.2, 0.25) is 0 Å². The van der Waals surface area contributed by atoms with E-state index in [1.165, 1.54) is 0 Å². The van der Waals surface area contributed by atoms with Crippen LogP contribution in [0.15, 0.2) is 35.7 Å². The minimum Gasteiger partial charge on any atom is -0.486 e. The van der Waals surface area contributed by atoms with Gasteiger partial charge in [-0.3, -0.25) is 9.59 Å². The van der Waals surface area contributed by atoms with Crippen molar-refractivity contribution in [2.75, 3.05) is 39.2 Å². The molecule has 1 aromatic heterocycles. The zero-order valence-electron chi connectivity index (χ0n) is 14.7. The van der Waals surface area contributed by atoms with Crippen LogP contribution < -0.4 is 20.1 Å². The number of nitrogens with zero attached hydrogens (tertiary/aromatic N) is 1. The van der Waals surface area contributed by atoms with Gasteiger partial charge < -0.3 is 25.0 Å². The van der Waals surface area contributed by atoms with Crippen molar-refractivity contribution in [2.24, 2.45) is 0 Å². The van der Waals surface area contributed by atoms with Crippen LogP contribution >= 0.6 is 11.3 Å². The molecule has 0 aliphatic carbocycles. The highest BCUT2D eigenvalue weighted by atomic mass is 32.1. The Kier molecular flexibility index (Phi) is 5.75. The van der Waals surface area contributed by atoms with Crippen LogP contribution in [0.5, 0.6) is 11.5 Å². The molecule has 7 nitrogen and oxygen atoms in total. The van der Waals surface area contributed by atoms with E-state index in [-0.39, 0.29) is 6.04 Å². The van der Waals surface area contributed by atoms with Gasteiger partial charge in [-0.05, 0) is 37.7 Å². The van der Waals surface area contributed by atoms with E-state index >= 15 is 0 Å². The molecule has 1 unspecified atom stereocenters. The van der Waals surface area contributed by atoms with Crippen molar-refractivity contribution in [3.63, 3.8) is 0 Å². The Morgan fingerprint density at radius 3 is 2.62 bits per heavy atom. The summed E-state index contributed by atoms with van der Waals surface area (Å²) in [5.74, 6) is -0.211. The summed E-state index contributed by atoms with van der Waals surface area (Å²) in [6, 6.07) is 9.02. The molecule has 0 saturated heterocycles. The van der Waals surface area contributed by atoms with Crippen molar-refractivity contribution in [3.05, 3.63) is 40.6 Å². The van der Waals surface area contributed by atoms with Crippen LogP contribution in [0.1, 0.15) is 10.9 Å². The van der Waals surface area contributed by atoms with Crippen molar-refractivity contribution in [3.8, 4) is 11.5 Å². The van der Waals surface area contributed by atoms with Gasteiger partial charge in [0.05, 0.1) is 6.04 Å². The maximum absolute atomic E-state index is 12.1. The van der Waals surface area contributed by atoms with Crippen LogP contribution in [0.2, 0.25) is 0 Å². The lowest BCUT2D eigenvalue weighted by Crippen LogP contribution is -2.40. The number of fused-ring (bicyclic) bond motifs is 1. The smallest absolute Gasteiger partial charge is 0.313 e. The van der Waals surface area contributed by atoms with Gasteiger partial charge in [0, 0.05) is 23.2 Å². The maximum atomic E-state index is 12.1. The summed E-state index contributed by atoms with van der Waals surface area (Å²) in [7, 11) is 3.87. The number of likely N-dealkylation sites (N-methyl/N-ethyl adjacent to an activating group) is 1. The molecular formula is C18H21N3O4S. The number of ether oxygens (including phenoxy) is 2. The molecule has 0 bridgehead atoms. The van der Waals surface area contributed by atoms with E-state index < -0.39 is 11.8 Å². The summed E-state index contributed by atoms with van der Waals surface area (Å²) in [5, 5.41) is 7.26. The molecular weight excluding hydrogens is 354 g/mol. The molecule has 2 heterocycles. The third kappa shape index (κ3) is 4.33. The topological polar surface area (TPSA) is 79.9 Å². The van der Waals surface area contributed by atoms with Crippen LogP contribution in [0.3, 0.4) is 0 Å². The van der Waals surface area contributed by atoms with Crippen molar-refractivity contribution in [2.45, 2.75) is 6.04 Å². The average molecular weight is 375 g/mol. The SMILES string of the molecule is CN(C)C(CNC(=O)C(=O)Nc1ccc2c(c1)OCCO2)c1cccs1. The monoisotopic (exact) mass is 375 g/mol. The fourth-order valence-corrected chi connectivity index (χ4v) is 3.52. The van der Waals surface area contributed by atoms with Crippen LogP contribution in [-0.4, -0.2) is 50.6 Å². The van der Waals surface area contributed by atoms with Gasteiger partial charge >= 0.3 is 11.8 Å². The molecule has 0 radical (unpaired) electrons. The zero-order chi connectivity index (χ0) is 18.5. The quantitative estimate of drug-likeness (QED) is 0.780.